The van der Waals surface area contributed by atoms with Gasteiger partial charge in [0, 0.05) is 50.3 Å². The third-order valence-corrected chi connectivity index (χ3v) is 6.71. The highest BCUT2D eigenvalue weighted by atomic mass is 35.5. The summed E-state index contributed by atoms with van der Waals surface area (Å²) in [5.74, 6) is -2.11. The standard InChI is InChI=1S/C26H31F3N2O4.2ClH/c1-2-34-24(26(32)33)10-16-4-6-18(7-5-16)35-9-3-8-30-25-19-14-31(15-20(19)25)13-17-11-22(28)23(29)12-21(17)27;;/h4-7,11-12,19-20,24-25,30H,2-3,8-10,13-15H2,1H3,(H,32,33);2*1H/t19-,20+,24-,25?;;/m0../s1. The van der Waals surface area contributed by atoms with Crippen molar-refractivity contribution in [1.29, 1.82) is 0 Å². The van der Waals surface area contributed by atoms with Crippen LogP contribution in [-0.2, 0) is 22.5 Å². The van der Waals surface area contributed by atoms with E-state index in [1.165, 1.54) is 0 Å². The maximum absolute atomic E-state index is 13.9. The molecule has 0 aromatic heterocycles. The number of carbonyl (C=O) groups is 1. The van der Waals surface area contributed by atoms with Gasteiger partial charge < -0.3 is 19.9 Å². The van der Waals surface area contributed by atoms with E-state index in [4.69, 9.17) is 9.47 Å². The van der Waals surface area contributed by atoms with Gasteiger partial charge in [-0.3, -0.25) is 4.90 Å². The molecule has 1 unspecified atom stereocenters. The van der Waals surface area contributed by atoms with E-state index in [9.17, 15) is 23.1 Å². The summed E-state index contributed by atoms with van der Waals surface area (Å²) in [7, 11) is 0. The Balaban J connectivity index is 0.00000241. The number of nitrogens with zero attached hydrogens (tertiary/aromatic N) is 1. The number of halogens is 5. The minimum absolute atomic E-state index is 0. The molecule has 6 nitrogen and oxygen atoms in total. The SMILES string of the molecule is CCO[C@@H](Cc1ccc(OCCCNC2[C@H]3CN(Cc4cc(F)c(F)cc4F)C[C@@H]23)cc1)C(=O)O.Cl.Cl. The molecule has 2 N–H and O–H groups in total. The molecule has 2 fully saturated rings. The van der Waals surface area contributed by atoms with E-state index in [0.29, 0.717) is 43.6 Å². The zero-order valence-electron chi connectivity index (χ0n) is 20.5. The fourth-order valence-electron chi connectivity index (χ4n) is 4.86. The molecule has 2 aliphatic rings. The van der Waals surface area contributed by atoms with E-state index < -0.39 is 29.5 Å². The summed E-state index contributed by atoms with van der Waals surface area (Å²) in [6.45, 7) is 5.43. The first-order valence-corrected chi connectivity index (χ1v) is 12.0. The topological polar surface area (TPSA) is 71.0 Å². The zero-order valence-corrected chi connectivity index (χ0v) is 22.1. The van der Waals surface area contributed by atoms with Crippen LogP contribution in [-0.4, -0.2) is 61.0 Å². The van der Waals surface area contributed by atoms with Gasteiger partial charge in [-0.2, -0.15) is 0 Å². The van der Waals surface area contributed by atoms with Crippen LogP contribution in [0, 0.1) is 29.3 Å². The van der Waals surface area contributed by atoms with Crippen molar-refractivity contribution in [2.75, 3.05) is 32.8 Å². The maximum atomic E-state index is 13.9. The highest BCUT2D eigenvalue weighted by molar-refractivity contribution is 5.85. The smallest absolute Gasteiger partial charge is 0.333 e. The van der Waals surface area contributed by atoms with E-state index in [2.05, 4.69) is 10.2 Å². The molecule has 4 rings (SSSR count). The summed E-state index contributed by atoms with van der Waals surface area (Å²) >= 11 is 0. The van der Waals surface area contributed by atoms with Gasteiger partial charge in [0.2, 0.25) is 0 Å². The Bertz CT molecular complexity index is 1020. The third-order valence-electron chi connectivity index (χ3n) is 6.71. The first-order chi connectivity index (χ1) is 16.9. The second-order valence-corrected chi connectivity index (χ2v) is 9.19. The maximum Gasteiger partial charge on any atom is 0.333 e. The highest BCUT2D eigenvalue weighted by Crippen LogP contribution is 2.45. The number of piperidine rings is 1. The average Bonchev–Trinajstić information content (AvgIpc) is 3.27. The molecule has 1 heterocycles. The van der Waals surface area contributed by atoms with E-state index in [0.717, 1.165) is 43.4 Å². The van der Waals surface area contributed by atoms with E-state index in [1.54, 1.807) is 6.92 Å². The second-order valence-electron chi connectivity index (χ2n) is 9.19. The van der Waals surface area contributed by atoms with Gasteiger partial charge in [-0.25, -0.2) is 18.0 Å². The average molecular weight is 565 g/mol. The predicted octanol–water partition coefficient (Wildman–Crippen LogP) is 4.47. The van der Waals surface area contributed by atoms with Crippen molar-refractivity contribution in [3.63, 3.8) is 0 Å². The van der Waals surface area contributed by atoms with E-state index in [1.807, 2.05) is 24.3 Å². The van der Waals surface area contributed by atoms with E-state index >= 15 is 0 Å². The van der Waals surface area contributed by atoms with Gasteiger partial charge in [0.1, 0.15) is 11.6 Å². The lowest BCUT2D eigenvalue weighted by molar-refractivity contribution is -0.149. The molecule has 11 heteroatoms. The molecule has 0 spiro atoms. The Morgan fingerprint density at radius 2 is 1.73 bits per heavy atom. The largest absolute Gasteiger partial charge is 0.494 e. The zero-order chi connectivity index (χ0) is 24.9. The first-order valence-electron chi connectivity index (χ1n) is 12.0. The monoisotopic (exact) mass is 564 g/mol. The first kappa shape index (κ1) is 31.2. The van der Waals surface area contributed by atoms with Crippen LogP contribution >= 0.6 is 24.8 Å². The van der Waals surface area contributed by atoms with Gasteiger partial charge in [0.15, 0.2) is 17.7 Å². The number of carboxylic acids is 1. The van der Waals surface area contributed by atoms with Gasteiger partial charge in [0.05, 0.1) is 6.61 Å². The quantitative estimate of drug-likeness (QED) is 0.276. The second kappa shape index (κ2) is 14.2. The molecule has 1 aliphatic carbocycles. The summed E-state index contributed by atoms with van der Waals surface area (Å²) in [6, 6.07) is 9.38. The van der Waals surface area contributed by atoms with Crippen LogP contribution in [0.3, 0.4) is 0 Å². The number of hydrogen-bond donors (Lipinski definition) is 2. The lowest BCUT2D eigenvalue weighted by Gasteiger charge is -2.20. The number of aliphatic carboxylic acids is 1. The highest BCUT2D eigenvalue weighted by Gasteiger charge is 2.55. The molecule has 2 aromatic rings. The number of hydrogen-bond acceptors (Lipinski definition) is 5. The summed E-state index contributed by atoms with van der Waals surface area (Å²) in [5.41, 5.74) is 1.07. The minimum atomic E-state index is -1.16. The molecular formula is C26H33Cl2F3N2O4. The number of nitrogens with one attached hydrogen (secondary N) is 1. The predicted molar refractivity (Wildman–Crippen MR) is 138 cm³/mol. The molecule has 1 aliphatic heterocycles. The Morgan fingerprint density at radius 3 is 2.35 bits per heavy atom. The molecule has 0 radical (unpaired) electrons. The minimum Gasteiger partial charge on any atom is -0.494 e. The molecule has 37 heavy (non-hydrogen) atoms. The van der Waals surface area contributed by atoms with Crippen LogP contribution in [0.25, 0.3) is 0 Å². The molecule has 4 atom stereocenters. The van der Waals surface area contributed by atoms with Crippen molar-refractivity contribution in [1.82, 2.24) is 10.2 Å². The molecule has 0 amide bonds. The van der Waals surface area contributed by atoms with E-state index in [-0.39, 0.29) is 36.9 Å². The summed E-state index contributed by atoms with van der Waals surface area (Å²) in [4.78, 5) is 13.3. The van der Waals surface area contributed by atoms with Crippen molar-refractivity contribution in [2.45, 2.75) is 38.5 Å². The van der Waals surface area contributed by atoms with Crippen molar-refractivity contribution >= 4 is 30.8 Å². The summed E-state index contributed by atoms with van der Waals surface area (Å²) in [5, 5.41) is 12.7. The number of carboxylic acid groups (broad SMARTS) is 1. The lowest BCUT2D eigenvalue weighted by atomic mass is 10.1. The van der Waals surface area contributed by atoms with Crippen LogP contribution in [0.15, 0.2) is 36.4 Å². The lowest BCUT2D eigenvalue weighted by Crippen LogP contribution is -2.32. The van der Waals surface area contributed by atoms with Crippen LogP contribution in [0.1, 0.15) is 24.5 Å². The Kier molecular flexibility index (Phi) is 12.0. The summed E-state index contributed by atoms with van der Waals surface area (Å²) < 4.78 is 51.4. The number of fused-ring (bicyclic) bond motifs is 1. The fraction of sp³-hybridized carbons (Fsp3) is 0.500. The number of rotatable bonds is 13. The van der Waals surface area contributed by atoms with Gasteiger partial charge >= 0.3 is 5.97 Å². The fourth-order valence-corrected chi connectivity index (χ4v) is 4.86. The van der Waals surface area contributed by atoms with Crippen molar-refractivity contribution in [3.05, 3.63) is 65.0 Å². The van der Waals surface area contributed by atoms with Crippen LogP contribution in [0.2, 0.25) is 0 Å². The van der Waals surface area contributed by atoms with Crippen LogP contribution in [0.4, 0.5) is 13.2 Å². The van der Waals surface area contributed by atoms with Gasteiger partial charge in [0.25, 0.3) is 0 Å². The summed E-state index contributed by atoms with van der Waals surface area (Å²) in [6.07, 6.45) is 0.302. The van der Waals surface area contributed by atoms with Gasteiger partial charge in [-0.05, 0) is 55.5 Å². The molecule has 1 saturated carbocycles. The molecular weight excluding hydrogens is 532 g/mol. The number of ether oxygens (including phenoxy) is 2. The third kappa shape index (κ3) is 8.22. The normalized spacial score (nSPS) is 20.9. The molecule has 0 bridgehead atoms. The molecule has 1 saturated heterocycles. The molecule has 2 aromatic carbocycles. The van der Waals surface area contributed by atoms with Crippen molar-refractivity contribution in [2.24, 2.45) is 11.8 Å². The van der Waals surface area contributed by atoms with Gasteiger partial charge in [-0.15, -0.1) is 24.8 Å². The molecule has 206 valence electrons. The van der Waals surface area contributed by atoms with Crippen molar-refractivity contribution in [3.8, 4) is 5.75 Å². The number of benzene rings is 2. The van der Waals surface area contributed by atoms with Crippen LogP contribution < -0.4 is 10.1 Å². The van der Waals surface area contributed by atoms with Gasteiger partial charge in [-0.1, -0.05) is 12.1 Å². The Morgan fingerprint density at radius 1 is 1.08 bits per heavy atom. The Hall–Kier alpha value is -2.04. The number of likely N-dealkylation sites (tertiary alicyclic amines) is 1. The van der Waals surface area contributed by atoms with Crippen molar-refractivity contribution < 1.29 is 32.5 Å². The van der Waals surface area contributed by atoms with Crippen LogP contribution in [0.5, 0.6) is 5.75 Å². The Labute approximate surface area is 227 Å².